The zero-order valence-electron chi connectivity index (χ0n) is 12.6. The lowest BCUT2D eigenvalue weighted by Crippen LogP contribution is -2.35. The molecule has 1 aromatic carbocycles. The van der Waals surface area contributed by atoms with E-state index in [0.717, 1.165) is 11.0 Å². The Bertz CT molecular complexity index is 674. The SMILES string of the molecule is CC#CCOc1ccc(C2=CCCC(=O)N2CC(F)F)c(F)c1. The molecule has 1 amide bonds. The Kier molecular flexibility index (Phi) is 5.69. The first-order valence-corrected chi connectivity index (χ1v) is 7.14. The van der Waals surface area contributed by atoms with Gasteiger partial charge in [0.25, 0.3) is 6.43 Å². The fourth-order valence-electron chi connectivity index (χ4n) is 2.29. The molecule has 1 aliphatic rings. The minimum absolute atomic E-state index is 0.104. The smallest absolute Gasteiger partial charge is 0.256 e. The summed E-state index contributed by atoms with van der Waals surface area (Å²) in [5.41, 5.74) is 0.284. The summed E-state index contributed by atoms with van der Waals surface area (Å²) in [5, 5.41) is 0. The Morgan fingerprint density at radius 2 is 2.17 bits per heavy atom. The molecule has 0 saturated carbocycles. The molecule has 0 atom stereocenters. The van der Waals surface area contributed by atoms with Crippen molar-refractivity contribution >= 4 is 11.6 Å². The summed E-state index contributed by atoms with van der Waals surface area (Å²) in [4.78, 5) is 12.8. The van der Waals surface area contributed by atoms with Crippen LogP contribution >= 0.6 is 0 Å². The Labute approximate surface area is 132 Å². The maximum absolute atomic E-state index is 14.3. The second kappa shape index (κ2) is 7.73. The highest BCUT2D eigenvalue weighted by Crippen LogP contribution is 2.30. The average Bonchev–Trinajstić information content (AvgIpc) is 2.50. The van der Waals surface area contributed by atoms with Crippen molar-refractivity contribution in [1.29, 1.82) is 0 Å². The standard InChI is InChI=1S/C17H16F3NO2/c1-2-3-9-23-12-7-8-13(14(18)10-12)15-5-4-6-17(22)21(15)11-16(19)20/h5,7-8,10,16H,4,6,9,11H2,1H3. The van der Waals surface area contributed by atoms with E-state index in [0.29, 0.717) is 6.42 Å². The molecule has 0 spiro atoms. The van der Waals surface area contributed by atoms with E-state index in [9.17, 15) is 18.0 Å². The van der Waals surface area contributed by atoms with Crippen LogP contribution in [0.5, 0.6) is 5.75 Å². The molecule has 0 radical (unpaired) electrons. The number of hydrogen-bond acceptors (Lipinski definition) is 2. The van der Waals surface area contributed by atoms with Crippen LogP contribution in [-0.2, 0) is 4.79 Å². The van der Waals surface area contributed by atoms with Crippen LogP contribution in [0.15, 0.2) is 24.3 Å². The van der Waals surface area contributed by atoms with Gasteiger partial charge >= 0.3 is 0 Å². The number of allylic oxidation sites excluding steroid dienone is 1. The number of carbonyl (C=O) groups excluding carboxylic acids is 1. The monoisotopic (exact) mass is 323 g/mol. The van der Waals surface area contributed by atoms with Crippen molar-refractivity contribution in [1.82, 2.24) is 4.90 Å². The highest BCUT2D eigenvalue weighted by molar-refractivity contribution is 5.89. The van der Waals surface area contributed by atoms with Gasteiger partial charge in [-0.2, -0.15) is 0 Å². The number of halogens is 3. The molecule has 23 heavy (non-hydrogen) atoms. The van der Waals surface area contributed by atoms with Gasteiger partial charge in [0.15, 0.2) is 0 Å². The largest absolute Gasteiger partial charge is 0.481 e. The molecule has 3 nitrogen and oxygen atoms in total. The lowest BCUT2D eigenvalue weighted by molar-refractivity contribution is -0.129. The average molecular weight is 323 g/mol. The molecule has 0 unspecified atom stereocenters. The van der Waals surface area contributed by atoms with Gasteiger partial charge in [-0.15, -0.1) is 5.92 Å². The first-order chi connectivity index (χ1) is 11.0. The Morgan fingerprint density at radius 1 is 1.39 bits per heavy atom. The van der Waals surface area contributed by atoms with Gasteiger partial charge in [-0.05, 0) is 25.5 Å². The van der Waals surface area contributed by atoms with Crippen molar-refractivity contribution in [2.75, 3.05) is 13.2 Å². The van der Waals surface area contributed by atoms with Crippen molar-refractivity contribution in [3.63, 3.8) is 0 Å². The number of nitrogens with zero attached hydrogens (tertiary/aromatic N) is 1. The summed E-state index contributed by atoms with van der Waals surface area (Å²) in [7, 11) is 0. The molecular formula is C17H16F3NO2. The lowest BCUT2D eigenvalue weighted by atomic mass is 10.0. The number of carbonyl (C=O) groups is 1. The van der Waals surface area contributed by atoms with Crippen molar-refractivity contribution < 1.29 is 22.7 Å². The summed E-state index contributed by atoms with van der Waals surface area (Å²) < 4.78 is 44.9. The van der Waals surface area contributed by atoms with Crippen LogP contribution in [0.2, 0.25) is 0 Å². The van der Waals surface area contributed by atoms with E-state index in [2.05, 4.69) is 11.8 Å². The number of ether oxygens (including phenoxy) is 1. The van der Waals surface area contributed by atoms with Gasteiger partial charge in [0.2, 0.25) is 5.91 Å². The molecule has 2 rings (SSSR count). The van der Waals surface area contributed by atoms with E-state index in [1.807, 2.05) is 0 Å². The quantitative estimate of drug-likeness (QED) is 0.777. The molecule has 0 saturated heterocycles. The van der Waals surface area contributed by atoms with Crippen LogP contribution < -0.4 is 4.74 Å². The zero-order chi connectivity index (χ0) is 16.8. The Balaban J connectivity index is 2.26. The van der Waals surface area contributed by atoms with Crippen LogP contribution in [0.4, 0.5) is 13.2 Å². The molecule has 0 aromatic heterocycles. The fraction of sp³-hybridized carbons (Fsp3) is 0.353. The van der Waals surface area contributed by atoms with Gasteiger partial charge in [0, 0.05) is 18.1 Å². The van der Waals surface area contributed by atoms with E-state index in [4.69, 9.17) is 4.74 Å². The van der Waals surface area contributed by atoms with E-state index >= 15 is 0 Å². The van der Waals surface area contributed by atoms with E-state index in [-0.39, 0.29) is 30.0 Å². The predicted molar refractivity (Wildman–Crippen MR) is 80.3 cm³/mol. The van der Waals surface area contributed by atoms with Crippen molar-refractivity contribution in [3.8, 4) is 17.6 Å². The predicted octanol–water partition coefficient (Wildman–Crippen LogP) is 3.46. The molecular weight excluding hydrogens is 307 g/mol. The topological polar surface area (TPSA) is 29.5 Å². The minimum atomic E-state index is -2.68. The highest BCUT2D eigenvalue weighted by atomic mass is 19.3. The molecule has 1 aliphatic heterocycles. The lowest BCUT2D eigenvalue weighted by Gasteiger charge is -2.29. The first kappa shape index (κ1) is 16.9. The van der Waals surface area contributed by atoms with Gasteiger partial charge in [0.05, 0.1) is 12.2 Å². The van der Waals surface area contributed by atoms with Crippen LogP contribution in [0, 0.1) is 17.7 Å². The summed E-state index contributed by atoms with van der Waals surface area (Å²) in [6.07, 6.45) is -0.531. The molecule has 1 heterocycles. The molecule has 0 N–H and O–H groups in total. The van der Waals surface area contributed by atoms with Crippen LogP contribution in [0.25, 0.3) is 5.70 Å². The van der Waals surface area contributed by atoms with Crippen molar-refractivity contribution in [2.45, 2.75) is 26.2 Å². The number of hydrogen-bond donors (Lipinski definition) is 0. The van der Waals surface area contributed by atoms with Crippen LogP contribution in [0.1, 0.15) is 25.3 Å². The van der Waals surface area contributed by atoms with E-state index in [1.54, 1.807) is 13.0 Å². The second-order valence-electron chi connectivity index (χ2n) is 4.88. The molecule has 0 bridgehead atoms. The third kappa shape index (κ3) is 4.28. The highest BCUT2D eigenvalue weighted by Gasteiger charge is 2.27. The van der Waals surface area contributed by atoms with Crippen molar-refractivity contribution in [3.05, 3.63) is 35.7 Å². The Hall–Kier alpha value is -2.42. The fourth-order valence-corrected chi connectivity index (χ4v) is 2.29. The molecule has 0 aliphatic carbocycles. The normalized spacial score (nSPS) is 14.4. The number of benzene rings is 1. The number of alkyl halides is 2. The van der Waals surface area contributed by atoms with Gasteiger partial charge in [-0.1, -0.05) is 12.0 Å². The zero-order valence-corrected chi connectivity index (χ0v) is 12.6. The molecule has 1 aromatic rings. The maximum atomic E-state index is 14.3. The Morgan fingerprint density at radius 3 is 2.83 bits per heavy atom. The van der Waals surface area contributed by atoms with Gasteiger partial charge < -0.3 is 9.64 Å². The van der Waals surface area contributed by atoms with Gasteiger partial charge in [-0.25, -0.2) is 13.2 Å². The molecule has 0 fully saturated rings. The molecule has 122 valence electrons. The van der Waals surface area contributed by atoms with Crippen LogP contribution in [0.3, 0.4) is 0 Å². The van der Waals surface area contributed by atoms with E-state index in [1.165, 1.54) is 12.1 Å². The summed E-state index contributed by atoms with van der Waals surface area (Å²) in [6.45, 7) is 1.06. The van der Waals surface area contributed by atoms with Gasteiger partial charge in [-0.3, -0.25) is 4.79 Å². The second-order valence-corrected chi connectivity index (χ2v) is 4.88. The number of amides is 1. The summed E-state index contributed by atoms with van der Waals surface area (Å²) in [6, 6.07) is 4.11. The third-order valence-electron chi connectivity index (χ3n) is 3.31. The van der Waals surface area contributed by atoms with Crippen LogP contribution in [-0.4, -0.2) is 30.4 Å². The maximum Gasteiger partial charge on any atom is 0.256 e. The number of rotatable bonds is 5. The minimum Gasteiger partial charge on any atom is -0.481 e. The van der Waals surface area contributed by atoms with E-state index < -0.39 is 24.7 Å². The van der Waals surface area contributed by atoms with Gasteiger partial charge in [0.1, 0.15) is 18.2 Å². The summed E-state index contributed by atoms with van der Waals surface area (Å²) in [5.74, 6) is 4.56. The first-order valence-electron chi connectivity index (χ1n) is 7.14. The summed E-state index contributed by atoms with van der Waals surface area (Å²) >= 11 is 0. The molecule has 6 heteroatoms. The third-order valence-corrected chi connectivity index (χ3v) is 3.31. The van der Waals surface area contributed by atoms with Crippen molar-refractivity contribution in [2.24, 2.45) is 0 Å².